The third-order valence-corrected chi connectivity index (χ3v) is 2.86. The fourth-order valence-electron chi connectivity index (χ4n) is 1.93. The molecule has 1 aromatic heterocycles. The summed E-state index contributed by atoms with van der Waals surface area (Å²) < 4.78 is 17.5. The second-order valence-electron chi connectivity index (χ2n) is 4.17. The largest absolute Gasteiger partial charge is 0.465 e. The van der Waals surface area contributed by atoms with Gasteiger partial charge < -0.3 is 9.84 Å². The lowest BCUT2D eigenvalue weighted by atomic mass is 10.0. The number of aliphatic hydroxyl groups is 1. The number of carbonyl (C=O) groups excluding carboxylic acids is 1. The highest BCUT2D eigenvalue weighted by Crippen LogP contribution is 2.28. The van der Waals surface area contributed by atoms with E-state index >= 15 is 0 Å². The van der Waals surface area contributed by atoms with Crippen LogP contribution in [-0.4, -0.2) is 28.2 Å². The van der Waals surface area contributed by atoms with Crippen molar-refractivity contribution in [1.82, 2.24) is 9.97 Å². The van der Waals surface area contributed by atoms with Crippen molar-refractivity contribution in [3.63, 3.8) is 0 Å². The molecule has 104 valence electrons. The first kappa shape index (κ1) is 14.1. The van der Waals surface area contributed by atoms with Gasteiger partial charge in [-0.15, -0.1) is 0 Å². The molecule has 0 radical (unpaired) electrons. The van der Waals surface area contributed by atoms with Crippen LogP contribution in [0.1, 0.15) is 17.4 Å². The summed E-state index contributed by atoms with van der Waals surface area (Å²) in [5, 5.41) is 10.1. The number of hydrogen-bond acceptors (Lipinski definition) is 5. The molecule has 0 aliphatic rings. The molecule has 0 aliphatic heterocycles. The van der Waals surface area contributed by atoms with Gasteiger partial charge in [0.05, 0.1) is 5.69 Å². The minimum atomic E-state index is -1.04. The number of hydrogen-bond donors (Lipinski definition) is 1. The van der Waals surface area contributed by atoms with Gasteiger partial charge in [-0.05, 0) is 31.2 Å². The van der Waals surface area contributed by atoms with E-state index in [1.54, 1.807) is 19.1 Å². The van der Waals surface area contributed by atoms with E-state index in [4.69, 9.17) is 0 Å². The molecule has 0 spiro atoms. The minimum Gasteiger partial charge on any atom is -0.465 e. The molecule has 1 N–H and O–H groups in total. The number of nitrogens with zero attached hydrogens (tertiary/aromatic N) is 2. The van der Waals surface area contributed by atoms with Crippen molar-refractivity contribution < 1.29 is 19.0 Å². The second kappa shape index (κ2) is 6.21. The Kier molecular flexibility index (Phi) is 4.37. The average Bonchev–Trinajstić information content (AvgIpc) is 2.45. The SMILES string of the molecule is Cc1ncnc(-c2ccc(F)cc2)c1C(O)COC=O. The van der Waals surface area contributed by atoms with E-state index < -0.39 is 6.10 Å². The van der Waals surface area contributed by atoms with Crippen molar-refractivity contribution in [2.24, 2.45) is 0 Å². The standard InChI is InChI=1S/C14H13FN2O3/c1-9-13(12(19)6-20-8-18)14(17-7-16-9)10-2-4-11(15)5-3-10/h2-5,7-8,12,19H,6H2,1H3. The highest BCUT2D eigenvalue weighted by molar-refractivity contribution is 5.64. The molecule has 5 nitrogen and oxygen atoms in total. The lowest BCUT2D eigenvalue weighted by molar-refractivity contribution is -0.131. The van der Waals surface area contributed by atoms with Crippen LogP contribution in [0.5, 0.6) is 0 Å². The third-order valence-electron chi connectivity index (χ3n) is 2.86. The maximum absolute atomic E-state index is 13.0. The van der Waals surface area contributed by atoms with E-state index in [-0.39, 0.29) is 18.9 Å². The van der Waals surface area contributed by atoms with Gasteiger partial charge in [0.1, 0.15) is 24.9 Å². The first-order chi connectivity index (χ1) is 9.63. The van der Waals surface area contributed by atoms with Crippen LogP contribution < -0.4 is 0 Å². The van der Waals surface area contributed by atoms with E-state index in [2.05, 4.69) is 14.7 Å². The molecular weight excluding hydrogens is 263 g/mol. The van der Waals surface area contributed by atoms with Crippen LogP contribution >= 0.6 is 0 Å². The lowest BCUT2D eigenvalue weighted by Gasteiger charge is -2.15. The Morgan fingerprint density at radius 3 is 2.70 bits per heavy atom. The topological polar surface area (TPSA) is 72.3 Å². The quantitative estimate of drug-likeness (QED) is 0.843. The zero-order valence-corrected chi connectivity index (χ0v) is 10.8. The Hall–Kier alpha value is -2.34. The Morgan fingerprint density at radius 1 is 1.35 bits per heavy atom. The highest BCUT2D eigenvalue weighted by atomic mass is 19.1. The number of aliphatic hydroxyl groups excluding tert-OH is 1. The van der Waals surface area contributed by atoms with E-state index in [0.29, 0.717) is 22.5 Å². The van der Waals surface area contributed by atoms with Crippen molar-refractivity contribution in [2.75, 3.05) is 6.61 Å². The van der Waals surface area contributed by atoms with Gasteiger partial charge in [-0.25, -0.2) is 14.4 Å². The normalized spacial score (nSPS) is 11.9. The van der Waals surface area contributed by atoms with Crippen LogP contribution in [0.2, 0.25) is 0 Å². The maximum Gasteiger partial charge on any atom is 0.293 e. The molecule has 1 aromatic carbocycles. The fourth-order valence-corrected chi connectivity index (χ4v) is 1.93. The van der Waals surface area contributed by atoms with E-state index in [1.165, 1.54) is 18.5 Å². The zero-order chi connectivity index (χ0) is 14.5. The number of ether oxygens (including phenoxy) is 1. The molecule has 0 saturated carbocycles. The molecule has 1 unspecified atom stereocenters. The van der Waals surface area contributed by atoms with Crippen LogP contribution in [0, 0.1) is 12.7 Å². The van der Waals surface area contributed by atoms with Gasteiger partial charge in [-0.1, -0.05) is 0 Å². The highest BCUT2D eigenvalue weighted by Gasteiger charge is 2.19. The summed E-state index contributed by atoms with van der Waals surface area (Å²) in [6, 6.07) is 5.75. The molecule has 0 saturated heterocycles. The molecule has 2 aromatic rings. The van der Waals surface area contributed by atoms with Crippen LogP contribution in [0.25, 0.3) is 11.3 Å². The molecular formula is C14H13FN2O3. The summed E-state index contributed by atoms with van der Waals surface area (Å²) in [5.41, 5.74) is 2.17. The number of aryl methyl sites for hydroxylation is 1. The van der Waals surface area contributed by atoms with Gasteiger partial charge in [0.15, 0.2) is 0 Å². The minimum absolute atomic E-state index is 0.189. The molecule has 1 atom stereocenters. The number of halogens is 1. The molecule has 2 rings (SSSR count). The monoisotopic (exact) mass is 276 g/mol. The Balaban J connectivity index is 2.45. The van der Waals surface area contributed by atoms with Gasteiger partial charge in [0, 0.05) is 16.8 Å². The van der Waals surface area contributed by atoms with Crippen LogP contribution in [-0.2, 0) is 9.53 Å². The summed E-state index contributed by atoms with van der Waals surface area (Å²) in [7, 11) is 0. The summed E-state index contributed by atoms with van der Waals surface area (Å²) in [5.74, 6) is -0.356. The number of benzene rings is 1. The molecule has 6 heteroatoms. The first-order valence-corrected chi connectivity index (χ1v) is 5.94. The fraction of sp³-hybridized carbons (Fsp3) is 0.214. The number of carbonyl (C=O) groups is 1. The van der Waals surface area contributed by atoms with Crippen LogP contribution in [0.4, 0.5) is 4.39 Å². The van der Waals surface area contributed by atoms with Crippen molar-refractivity contribution in [1.29, 1.82) is 0 Å². The van der Waals surface area contributed by atoms with Crippen molar-refractivity contribution in [3.05, 3.63) is 47.7 Å². The summed E-state index contributed by atoms with van der Waals surface area (Å²) in [4.78, 5) is 18.4. The Morgan fingerprint density at radius 2 is 2.05 bits per heavy atom. The van der Waals surface area contributed by atoms with E-state index in [1.807, 2.05) is 0 Å². The summed E-state index contributed by atoms with van der Waals surface area (Å²) in [6.45, 7) is 1.79. The van der Waals surface area contributed by atoms with Gasteiger partial charge in [0.2, 0.25) is 0 Å². The first-order valence-electron chi connectivity index (χ1n) is 5.94. The van der Waals surface area contributed by atoms with Gasteiger partial charge >= 0.3 is 0 Å². The number of rotatable bonds is 5. The van der Waals surface area contributed by atoms with Gasteiger partial charge in [0.25, 0.3) is 6.47 Å². The lowest BCUT2D eigenvalue weighted by Crippen LogP contribution is -2.11. The van der Waals surface area contributed by atoms with E-state index in [9.17, 15) is 14.3 Å². The molecule has 0 aliphatic carbocycles. The smallest absolute Gasteiger partial charge is 0.293 e. The Bertz CT molecular complexity index is 602. The number of aromatic nitrogens is 2. The van der Waals surface area contributed by atoms with Crippen molar-refractivity contribution in [3.8, 4) is 11.3 Å². The van der Waals surface area contributed by atoms with Gasteiger partial charge in [-0.3, -0.25) is 4.79 Å². The van der Waals surface area contributed by atoms with E-state index in [0.717, 1.165) is 0 Å². The van der Waals surface area contributed by atoms with Crippen molar-refractivity contribution in [2.45, 2.75) is 13.0 Å². The third kappa shape index (κ3) is 2.97. The molecule has 1 heterocycles. The molecule has 0 fully saturated rings. The van der Waals surface area contributed by atoms with Crippen molar-refractivity contribution >= 4 is 6.47 Å². The molecule has 20 heavy (non-hydrogen) atoms. The predicted molar refractivity (Wildman–Crippen MR) is 69.1 cm³/mol. The summed E-state index contributed by atoms with van der Waals surface area (Å²) >= 11 is 0. The second-order valence-corrected chi connectivity index (χ2v) is 4.17. The average molecular weight is 276 g/mol. The zero-order valence-electron chi connectivity index (χ0n) is 10.8. The van der Waals surface area contributed by atoms with Crippen LogP contribution in [0.15, 0.2) is 30.6 Å². The summed E-state index contributed by atoms with van der Waals surface area (Å²) in [6.07, 6.45) is 0.326. The van der Waals surface area contributed by atoms with Gasteiger partial charge in [-0.2, -0.15) is 0 Å². The Labute approximate surface area is 115 Å². The molecule has 0 bridgehead atoms. The van der Waals surface area contributed by atoms with Crippen LogP contribution in [0.3, 0.4) is 0 Å². The maximum atomic E-state index is 13.0. The molecule has 0 amide bonds. The predicted octanol–water partition coefficient (Wildman–Crippen LogP) is 1.80.